The van der Waals surface area contributed by atoms with Crippen LogP contribution in [0.4, 0.5) is 0 Å². The number of aromatic hydroxyl groups is 1. The highest BCUT2D eigenvalue weighted by Crippen LogP contribution is 2.30. The monoisotopic (exact) mass is 425 g/mol. The van der Waals surface area contributed by atoms with E-state index >= 15 is 0 Å². The van der Waals surface area contributed by atoms with Gasteiger partial charge in [0.05, 0.1) is 12.9 Å². The lowest BCUT2D eigenvalue weighted by Gasteiger charge is -2.21. The maximum absolute atomic E-state index is 12.0. The number of rotatable bonds is 8. The van der Waals surface area contributed by atoms with Crippen molar-refractivity contribution < 1.29 is 19.1 Å². The number of carbonyl (C=O) groups excluding carboxylic acids is 1. The van der Waals surface area contributed by atoms with Crippen molar-refractivity contribution in [2.24, 2.45) is 0 Å². The van der Waals surface area contributed by atoms with Gasteiger partial charge in [0, 0.05) is 51.1 Å². The zero-order valence-electron chi connectivity index (χ0n) is 17.6. The third-order valence-corrected chi connectivity index (χ3v) is 5.35. The van der Waals surface area contributed by atoms with E-state index in [0.717, 1.165) is 43.3 Å². The first-order valence-electron chi connectivity index (χ1n) is 10.5. The van der Waals surface area contributed by atoms with Crippen LogP contribution in [-0.2, 0) is 25.9 Å². The van der Waals surface area contributed by atoms with Crippen LogP contribution in [0.2, 0.25) is 0 Å². The zero-order chi connectivity index (χ0) is 21.6. The molecule has 1 aliphatic heterocycles. The second-order valence-electron chi connectivity index (χ2n) is 7.39. The molecule has 2 N–H and O–H groups in total. The van der Waals surface area contributed by atoms with Crippen molar-refractivity contribution in [2.75, 3.05) is 26.2 Å². The fourth-order valence-electron chi connectivity index (χ4n) is 3.76. The Morgan fingerprint density at radius 2 is 2.13 bits per heavy atom. The van der Waals surface area contributed by atoms with Crippen LogP contribution in [0.1, 0.15) is 34.7 Å². The van der Waals surface area contributed by atoms with Crippen LogP contribution in [0.25, 0.3) is 0 Å². The van der Waals surface area contributed by atoms with E-state index in [0.29, 0.717) is 37.6 Å². The summed E-state index contributed by atoms with van der Waals surface area (Å²) in [6.07, 6.45) is 2.85. The third kappa shape index (κ3) is 4.88. The van der Waals surface area contributed by atoms with Gasteiger partial charge in [0.25, 0.3) is 5.91 Å². The molecule has 0 saturated carbocycles. The Hall–Kier alpha value is -3.33. The first-order valence-corrected chi connectivity index (χ1v) is 10.5. The Morgan fingerprint density at radius 3 is 2.94 bits per heavy atom. The maximum atomic E-state index is 12.0. The maximum Gasteiger partial charge on any atom is 0.286 e. The number of amides is 1. The molecule has 0 spiro atoms. The number of hydrogen-bond donors (Lipinski definition) is 2. The highest BCUT2D eigenvalue weighted by molar-refractivity contribution is 5.91. The molecule has 0 radical (unpaired) electrons. The quantitative estimate of drug-likeness (QED) is 0.569. The number of phenols is 1. The van der Waals surface area contributed by atoms with Gasteiger partial charge in [-0.2, -0.15) is 0 Å². The van der Waals surface area contributed by atoms with Crippen LogP contribution in [-0.4, -0.2) is 56.9 Å². The summed E-state index contributed by atoms with van der Waals surface area (Å²) in [6.45, 7) is 5.91. The predicted molar refractivity (Wildman–Crippen MR) is 113 cm³/mol. The van der Waals surface area contributed by atoms with Gasteiger partial charge in [0.2, 0.25) is 0 Å². The van der Waals surface area contributed by atoms with Gasteiger partial charge in [-0.15, -0.1) is 10.2 Å². The number of furan rings is 1. The minimum Gasteiger partial charge on any atom is -0.504 e. The van der Waals surface area contributed by atoms with Crippen LogP contribution >= 0.6 is 0 Å². The molecular formula is C22H27N5O4. The second kappa shape index (κ2) is 9.65. The number of para-hydroxylation sites is 1. The molecule has 1 amide bonds. The Bertz CT molecular complexity index is 1020. The van der Waals surface area contributed by atoms with E-state index in [4.69, 9.17) is 9.15 Å². The fraction of sp³-hybridized carbons (Fsp3) is 0.409. The number of hydrogen-bond acceptors (Lipinski definition) is 7. The lowest BCUT2D eigenvalue weighted by molar-refractivity contribution is 0.0926. The highest BCUT2D eigenvalue weighted by atomic mass is 16.5. The Kier molecular flexibility index (Phi) is 6.51. The van der Waals surface area contributed by atoms with Gasteiger partial charge < -0.3 is 24.1 Å². The lowest BCUT2D eigenvalue weighted by atomic mass is 10.1. The van der Waals surface area contributed by atoms with E-state index in [2.05, 4.69) is 25.0 Å². The number of fused-ring (bicyclic) bond motifs is 1. The minimum absolute atomic E-state index is 0.209. The van der Waals surface area contributed by atoms with E-state index in [1.807, 2.05) is 19.1 Å². The molecule has 164 valence electrons. The van der Waals surface area contributed by atoms with Gasteiger partial charge in [-0.3, -0.25) is 9.69 Å². The highest BCUT2D eigenvalue weighted by Gasteiger charge is 2.20. The molecule has 1 aromatic carbocycles. The van der Waals surface area contributed by atoms with Gasteiger partial charge in [-0.25, -0.2) is 0 Å². The number of carbonyl (C=O) groups is 1. The van der Waals surface area contributed by atoms with Gasteiger partial charge >= 0.3 is 0 Å². The molecule has 0 bridgehead atoms. The summed E-state index contributed by atoms with van der Waals surface area (Å²) in [6, 6.07) is 8.93. The molecular weight excluding hydrogens is 398 g/mol. The van der Waals surface area contributed by atoms with Crippen LogP contribution in [0.3, 0.4) is 0 Å². The Labute approximate surface area is 180 Å². The average molecular weight is 425 g/mol. The average Bonchev–Trinajstić information content (AvgIpc) is 3.39. The first-order chi connectivity index (χ1) is 15.2. The van der Waals surface area contributed by atoms with Crippen LogP contribution in [0.5, 0.6) is 11.5 Å². The summed E-state index contributed by atoms with van der Waals surface area (Å²) in [5, 5.41) is 22.0. The molecule has 0 fully saturated rings. The number of benzene rings is 1. The molecule has 9 heteroatoms. The SMILES string of the molecule is CCOc1cccc(CN2CCc3nnc(CCNC(=O)c4ccco4)n3CC2)c1O. The van der Waals surface area contributed by atoms with Gasteiger partial charge in [-0.1, -0.05) is 12.1 Å². The number of nitrogens with one attached hydrogen (secondary N) is 1. The number of ether oxygens (including phenoxy) is 1. The van der Waals surface area contributed by atoms with Crippen molar-refractivity contribution in [1.82, 2.24) is 25.0 Å². The summed E-state index contributed by atoms with van der Waals surface area (Å²) >= 11 is 0. The molecule has 0 atom stereocenters. The smallest absolute Gasteiger partial charge is 0.286 e. The number of nitrogens with zero attached hydrogens (tertiary/aromatic N) is 4. The Morgan fingerprint density at radius 1 is 1.23 bits per heavy atom. The normalized spacial score (nSPS) is 14.1. The van der Waals surface area contributed by atoms with Crippen LogP contribution in [0, 0.1) is 0 Å². The van der Waals surface area contributed by atoms with Gasteiger partial charge in [0.15, 0.2) is 17.3 Å². The minimum atomic E-state index is -0.235. The zero-order valence-corrected chi connectivity index (χ0v) is 17.6. The van der Waals surface area contributed by atoms with E-state index in [1.54, 1.807) is 18.2 Å². The summed E-state index contributed by atoms with van der Waals surface area (Å²) in [5.74, 6) is 2.60. The molecule has 9 nitrogen and oxygen atoms in total. The number of phenolic OH excluding ortho intramolecular Hbond substituents is 1. The van der Waals surface area contributed by atoms with E-state index in [9.17, 15) is 9.90 Å². The van der Waals surface area contributed by atoms with Gasteiger partial charge in [-0.05, 0) is 25.1 Å². The fourth-order valence-corrected chi connectivity index (χ4v) is 3.76. The van der Waals surface area contributed by atoms with Crippen molar-refractivity contribution in [1.29, 1.82) is 0 Å². The summed E-state index contributed by atoms with van der Waals surface area (Å²) < 4.78 is 12.7. The van der Waals surface area contributed by atoms with Crippen LogP contribution < -0.4 is 10.1 Å². The van der Waals surface area contributed by atoms with E-state index < -0.39 is 0 Å². The molecule has 0 aliphatic carbocycles. The molecule has 1 aliphatic rings. The molecule has 3 aromatic rings. The van der Waals surface area contributed by atoms with E-state index in [-0.39, 0.29) is 11.7 Å². The molecule has 4 rings (SSSR count). The van der Waals surface area contributed by atoms with Crippen LogP contribution in [0.15, 0.2) is 41.0 Å². The molecule has 31 heavy (non-hydrogen) atoms. The summed E-state index contributed by atoms with van der Waals surface area (Å²) in [7, 11) is 0. The van der Waals surface area contributed by atoms with Crippen molar-refractivity contribution in [2.45, 2.75) is 32.9 Å². The Balaban J connectivity index is 1.34. The molecule has 3 heterocycles. The molecule has 0 unspecified atom stereocenters. The standard InChI is InChI=1S/C22H27N5O4/c1-2-30-17-6-3-5-16(21(17)28)15-26-11-9-20-25-24-19(27(20)13-12-26)8-10-23-22(29)18-7-4-14-31-18/h3-7,14,28H,2,8-13,15H2,1H3,(H,23,29). The second-order valence-corrected chi connectivity index (χ2v) is 7.39. The lowest BCUT2D eigenvalue weighted by Crippen LogP contribution is -2.28. The summed E-state index contributed by atoms with van der Waals surface area (Å²) in [5.41, 5.74) is 0.851. The van der Waals surface area contributed by atoms with Crippen molar-refractivity contribution in [3.8, 4) is 11.5 Å². The van der Waals surface area contributed by atoms with Crippen molar-refractivity contribution >= 4 is 5.91 Å². The largest absolute Gasteiger partial charge is 0.504 e. The molecule has 0 saturated heterocycles. The van der Waals surface area contributed by atoms with Crippen molar-refractivity contribution in [3.63, 3.8) is 0 Å². The third-order valence-electron chi connectivity index (χ3n) is 5.35. The van der Waals surface area contributed by atoms with Crippen molar-refractivity contribution in [3.05, 3.63) is 59.6 Å². The van der Waals surface area contributed by atoms with Gasteiger partial charge in [0.1, 0.15) is 11.6 Å². The number of aromatic nitrogens is 3. The first kappa shape index (κ1) is 20.9. The summed E-state index contributed by atoms with van der Waals surface area (Å²) in [4.78, 5) is 14.3. The predicted octanol–water partition coefficient (Wildman–Crippen LogP) is 2.01. The van der Waals surface area contributed by atoms with E-state index in [1.165, 1.54) is 6.26 Å². The topological polar surface area (TPSA) is 106 Å². The molecule has 2 aromatic heterocycles.